The van der Waals surface area contributed by atoms with E-state index in [9.17, 15) is 8.42 Å². The van der Waals surface area contributed by atoms with Crippen molar-refractivity contribution in [3.8, 4) is 0 Å². The van der Waals surface area contributed by atoms with Crippen molar-refractivity contribution in [2.45, 2.75) is 50.5 Å². The molecule has 2 aromatic rings. The van der Waals surface area contributed by atoms with E-state index in [4.69, 9.17) is 9.97 Å². The van der Waals surface area contributed by atoms with Gasteiger partial charge < -0.3 is 10.2 Å². The number of nitrogens with zero attached hydrogens (tertiary/aromatic N) is 4. The number of piperidine rings is 1. The summed E-state index contributed by atoms with van der Waals surface area (Å²) in [6.45, 7) is 6.70. The van der Waals surface area contributed by atoms with Gasteiger partial charge in [-0.05, 0) is 70.0 Å². The van der Waals surface area contributed by atoms with Crippen molar-refractivity contribution in [1.29, 1.82) is 0 Å². The average Bonchev–Trinajstić information content (AvgIpc) is 2.74. The first-order chi connectivity index (χ1) is 14.3. The Bertz CT molecular complexity index is 1050. The minimum atomic E-state index is -3.57. The first kappa shape index (κ1) is 21.2. The highest BCUT2D eigenvalue weighted by atomic mass is 32.2. The Kier molecular flexibility index (Phi) is 5.83. The fourth-order valence-electron chi connectivity index (χ4n) is 4.42. The highest BCUT2D eigenvalue weighted by Crippen LogP contribution is 2.31. The first-order valence-corrected chi connectivity index (χ1v) is 12.1. The summed E-state index contributed by atoms with van der Waals surface area (Å²) < 4.78 is 28.2. The molecule has 0 spiro atoms. The number of anilines is 1. The first-order valence-electron chi connectivity index (χ1n) is 10.6. The minimum absolute atomic E-state index is 0.285. The minimum Gasteiger partial charge on any atom is -0.373 e. The molecule has 7 nitrogen and oxygen atoms in total. The normalized spacial score (nSPS) is 20.7. The van der Waals surface area contributed by atoms with Crippen molar-refractivity contribution in [2.75, 3.05) is 39.0 Å². The summed E-state index contributed by atoms with van der Waals surface area (Å²) >= 11 is 0. The van der Waals surface area contributed by atoms with Crippen LogP contribution in [0.15, 0.2) is 23.1 Å². The lowest BCUT2D eigenvalue weighted by atomic mass is 9.96. The summed E-state index contributed by atoms with van der Waals surface area (Å²) in [5.74, 6) is 1.95. The zero-order chi connectivity index (χ0) is 21.5. The zero-order valence-electron chi connectivity index (χ0n) is 18.3. The molecule has 1 atom stereocenters. The van der Waals surface area contributed by atoms with Gasteiger partial charge in [0, 0.05) is 31.6 Å². The van der Waals surface area contributed by atoms with E-state index in [1.54, 1.807) is 16.4 Å². The van der Waals surface area contributed by atoms with Crippen molar-refractivity contribution < 1.29 is 8.42 Å². The molecule has 30 heavy (non-hydrogen) atoms. The Hall–Kier alpha value is -2.03. The molecule has 2 aliphatic heterocycles. The van der Waals surface area contributed by atoms with E-state index >= 15 is 0 Å². The van der Waals surface area contributed by atoms with E-state index < -0.39 is 10.0 Å². The zero-order valence-corrected chi connectivity index (χ0v) is 19.1. The third-order valence-corrected chi connectivity index (χ3v) is 8.23. The molecular weight excluding hydrogens is 398 g/mol. The molecule has 1 fully saturated rings. The number of hydrogen-bond acceptors (Lipinski definition) is 6. The van der Waals surface area contributed by atoms with Crippen molar-refractivity contribution in [1.82, 2.24) is 19.2 Å². The van der Waals surface area contributed by atoms with Crippen LogP contribution in [-0.4, -0.2) is 61.3 Å². The second kappa shape index (κ2) is 8.24. The second-order valence-corrected chi connectivity index (χ2v) is 10.5. The molecule has 1 aromatic heterocycles. The quantitative estimate of drug-likeness (QED) is 0.805. The van der Waals surface area contributed by atoms with Crippen molar-refractivity contribution in [3.63, 3.8) is 0 Å². The lowest BCUT2D eigenvalue weighted by Gasteiger charge is -2.32. The molecule has 0 bridgehead atoms. The van der Waals surface area contributed by atoms with Gasteiger partial charge >= 0.3 is 0 Å². The van der Waals surface area contributed by atoms with E-state index in [2.05, 4.69) is 17.3 Å². The Labute approximate surface area is 179 Å². The molecule has 1 N–H and O–H groups in total. The number of nitrogens with one attached hydrogen (secondary N) is 1. The predicted octanol–water partition coefficient (Wildman–Crippen LogP) is 2.69. The van der Waals surface area contributed by atoms with Crippen molar-refractivity contribution in [2.24, 2.45) is 0 Å². The number of likely N-dealkylation sites (N-methyl/N-ethyl adjacent to an activating group) is 1. The van der Waals surface area contributed by atoms with Gasteiger partial charge in [0.15, 0.2) is 0 Å². The van der Waals surface area contributed by atoms with Gasteiger partial charge in [-0.3, -0.25) is 0 Å². The topological polar surface area (TPSA) is 78.4 Å². The third-order valence-electron chi connectivity index (χ3n) is 6.39. The molecule has 0 amide bonds. The SMILES string of the molecule is CNc1nc(C2CCCN(C)C2)nc2c1CCN(S(=O)(=O)c1ccc(C)c(C)c1)C2. The van der Waals surface area contributed by atoms with Gasteiger partial charge in [0.05, 0.1) is 17.1 Å². The standard InChI is InChI=1S/C22H31N5O2S/c1-15-7-8-18(12-16(15)2)30(28,29)27-11-9-19-20(14-27)24-21(25-22(19)23-3)17-6-5-10-26(4)13-17/h7-8,12,17H,5-6,9-11,13-14H2,1-4H3,(H,23,24,25). The summed E-state index contributed by atoms with van der Waals surface area (Å²) in [5.41, 5.74) is 3.94. The number of aromatic nitrogens is 2. The van der Waals surface area contributed by atoms with E-state index in [1.165, 1.54) is 0 Å². The molecule has 1 aromatic carbocycles. The number of hydrogen-bond donors (Lipinski definition) is 1. The van der Waals surface area contributed by atoms with Gasteiger partial charge in [0.25, 0.3) is 0 Å². The fourth-order valence-corrected chi connectivity index (χ4v) is 5.91. The van der Waals surface area contributed by atoms with Gasteiger partial charge in [-0.25, -0.2) is 18.4 Å². The van der Waals surface area contributed by atoms with Gasteiger partial charge in [0.1, 0.15) is 11.6 Å². The number of rotatable bonds is 4. The van der Waals surface area contributed by atoms with Crippen LogP contribution in [-0.2, 0) is 23.0 Å². The van der Waals surface area contributed by atoms with E-state index in [0.717, 1.165) is 60.0 Å². The monoisotopic (exact) mass is 429 g/mol. The van der Waals surface area contributed by atoms with Crippen molar-refractivity contribution in [3.05, 3.63) is 46.4 Å². The van der Waals surface area contributed by atoms with Gasteiger partial charge in [-0.1, -0.05) is 6.07 Å². The molecular formula is C22H31N5O2S. The second-order valence-electron chi connectivity index (χ2n) is 8.54. The maximum atomic E-state index is 13.3. The van der Waals surface area contributed by atoms with Crippen LogP contribution < -0.4 is 5.32 Å². The Balaban J connectivity index is 1.66. The third kappa shape index (κ3) is 3.96. The largest absolute Gasteiger partial charge is 0.373 e. The number of benzene rings is 1. The highest BCUT2D eigenvalue weighted by molar-refractivity contribution is 7.89. The summed E-state index contributed by atoms with van der Waals surface area (Å²) in [6, 6.07) is 5.34. The summed E-state index contributed by atoms with van der Waals surface area (Å²) in [4.78, 5) is 12.4. The molecule has 0 saturated carbocycles. The van der Waals surface area contributed by atoms with Crippen molar-refractivity contribution >= 4 is 15.8 Å². The van der Waals surface area contributed by atoms with Crippen LogP contribution >= 0.6 is 0 Å². The molecule has 3 heterocycles. The maximum Gasteiger partial charge on any atom is 0.243 e. The predicted molar refractivity (Wildman–Crippen MR) is 118 cm³/mol. The summed E-state index contributed by atoms with van der Waals surface area (Å²) in [7, 11) is 0.433. The van der Waals surface area contributed by atoms with Crippen LogP contribution in [0.3, 0.4) is 0 Å². The van der Waals surface area contributed by atoms with Gasteiger partial charge in [-0.2, -0.15) is 4.31 Å². The van der Waals surface area contributed by atoms with Crippen LogP contribution in [0.4, 0.5) is 5.82 Å². The number of aryl methyl sites for hydroxylation is 2. The number of sulfonamides is 1. The molecule has 2 aliphatic rings. The Morgan fingerprint density at radius 2 is 1.93 bits per heavy atom. The molecule has 0 aliphatic carbocycles. The van der Waals surface area contributed by atoms with E-state index in [1.807, 2.05) is 27.0 Å². The summed E-state index contributed by atoms with van der Waals surface area (Å²) in [5, 5.41) is 3.21. The lowest BCUT2D eigenvalue weighted by Crippen LogP contribution is -2.38. The van der Waals surface area contributed by atoms with Crippen LogP contribution in [0.2, 0.25) is 0 Å². The average molecular weight is 430 g/mol. The lowest BCUT2D eigenvalue weighted by molar-refractivity contribution is 0.245. The number of fused-ring (bicyclic) bond motifs is 1. The van der Waals surface area contributed by atoms with Crippen LogP contribution in [0.5, 0.6) is 0 Å². The molecule has 8 heteroatoms. The highest BCUT2D eigenvalue weighted by Gasteiger charge is 2.32. The van der Waals surface area contributed by atoms with E-state index in [0.29, 0.717) is 17.9 Å². The van der Waals surface area contributed by atoms with Crippen LogP contribution in [0.25, 0.3) is 0 Å². The molecule has 0 radical (unpaired) electrons. The Morgan fingerprint density at radius 1 is 1.13 bits per heavy atom. The smallest absolute Gasteiger partial charge is 0.243 e. The van der Waals surface area contributed by atoms with Crippen LogP contribution in [0, 0.1) is 13.8 Å². The fraction of sp³-hybridized carbons (Fsp3) is 0.545. The molecule has 162 valence electrons. The molecule has 4 rings (SSSR count). The summed E-state index contributed by atoms with van der Waals surface area (Å²) in [6.07, 6.45) is 2.81. The molecule has 1 unspecified atom stereocenters. The number of likely N-dealkylation sites (tertiary alicyclic amines) is 1. The molecule has 1 saturated heterocycles. The van der Waals surface area contributed by atoms with Gasteiger partial charge in [-0.15, -0.1) is 0 Å². The Morgan fingerprint density at radius 3 is 2.63 bits per heavy atom. The van der Waals surface area contributed by atoms with Crippen LogP contribution in [0.1, 0.15) is 47.0 Å². The maximum absolute atomic E-state index is 13.3. The van der Waals surface area contributed by atoms with Gasteiger partial charge in [0.2, 0.25) is 10.0 Å². The van der Waals surface area contributed by atoms with E-state index in [-0.39, 0.29) is 12.5 Å².